The summed E-state index contributed by atoms with van der Waals surface area (Å²) in [4.78, 5) is 23.0. The van der Waals surface area contributed by atoms with Crippen LogP contribution in [0.4, 0.5) is 0 Å². The molecule has 0 amide bonds. The SMILES string of the molecule is CC(C)COCCn1c(=O)ccn(C)c1=O. The van der Waals surface area contributed by atoms with Crippen LogP contribution in [0.15, 0.2) is 21.9 Å². The van der Waals surface area contributed by atoms with E-state index in [1.54, 1.807) is 7.05 Å². The quantitative estimate of drug-likeness (QED) is 0.675. The first-order valence-corrected chi connectivity index (χ1v) is 5.36. The second-order valence-electron chi connectivity index (χ2n) is 4.17. The molecule has 0 fully saturated rings. The Morgan fingerprint density at radius 3 is 2.69 bits per heavy atom. The summed E-state index contributed by atoms with van der Waals surface area (Å²) in [5.41, 5.74) is -0.586. The highest BCUT2D eigenvalue weighted by Gasteiger charge is 2.02. The molecule has 0 atom stereocenters. The second-order valence-corrected chi connectivity index (χ2v) is 4.17. The van der Waals surface area contributed by atoms with E-state index in [1.807, 2.05) is 13.8 Å². The number of ether oxygens (including phenoxy) is 1. The normalized spacial score (nSPS) is 11.0. The Morgan fingerprint density at radius 2 is 2.06 bits per heavy atom. The minimum absolute atomic E-state index is 0.281. The zero-order valence-electron chi connectivity index (χ0n) is 9.97. The van der Waals surface area contributed by atoms with Gasteiger partial charge in [-0.05, 0) is 5.92 Å². The molecular formula is C11H18N2O3. The molecule has 0 aromatic carbocycles. The molecule has 1 aromatic heterocycles. The van der Waals surface area contributed by atoms with E-state index < -0.39 is 0 Å². The fourth-order valence-corrected chi connectivity index (χ4v) is 1.29. The van der Waals surface area contributed by atoms with Gasteiger partial charge in [0.05, 0.1) is 13.2 Å². The summed E-state index contributed by atoms with van der Waals surface area (Å²) < 4.78 is 7.90. The fourth-order valence-electron chi connectivity index (χ4n) is 1.29. The topological polar surface area (TPSA) is 53.2 Å². The summed E-state index contributed by atoms with van der Waals surface area (Å²) in [5, 5.41) is 0. The van der Waals surface area contributed by atoms with Crippen molar-refractivity contribution < 1.29 is 4.74 Å². The Bertz CT molecular complexity index is 445. The van der Waals surface area contributed by atoms with Gasteiger partial charge in [-0.1, -0.05) is 13.8 Å². The van der Waals surface area contributed by atoms with E-state index in [2.05, 4.69) is 0 Å². The lowest BCUT2D eigenvalue weighted by molar-refractivity contribution is 0.101. The van der Waals surface area contributed by atoms with Crippen molar-refractivity contribution in [2.45, 2.75) is 20.4 Å². The van der Waals surface area contributed by atoms with Gasteiger partial charge in [-0.25, -0.2) is 4.79 Å². The summed E-state index contributed by atoms with van der Waals surface area (Å²) in [6.07, 6.45) is 1.47. The Hall–Kier alpha value is -1.36. The minimum atomic E-state index is -0.305. The number of hydrogen-bond acceptors (Lipinski definition) is 3. The standard InChI is InChI=1S/C11H18N2O3/c1-9(2)8-16-7-6-13-10(14)4-5-12(3)11(13)15/h4-5,9H,6-8H2,1-3H3. The lowest BCUT2D eigenvalue weighted by Gasteiger charge is -2.08. The van der Waals surface area contributed by atoms with Crippen LogP contribution in [0.25, 0.3) is 0 Å². The van der Waals surface area contributed by atoms with Crippen molar-refractivity contribution in [3.8, 4) is 0 Å². The number of rotatable bonds is 5. The third kappa shape index (κ3) is 3.34. The van der Waals surface area contributed by atoms with Crippen LogP contribution in [-0.4, -0.2) is 22.3 Å². The lowest BCUT2D eigenvalue weighted by atomic mass is 10.2. The number of aromatic nitrogens is 2. The maximum absolute atomic E-state index is 11.6. The molecule has 16 heavy (non-hydrogen) atoms. The van der Waals surface area contributed by atoms with E-state index >= 15 is 0 Å². The van der Waals surface area contributed by atoms with Crippen molar-refractivity contribution in [2.24, 2.45) is 13.0 Å². The molecule has 1 aromatic rings. The van der Waals surface area contributed by atoms with Crippen LogP contribution < -0.4 is 11.2 Å². The van der Waals surface area contributed by atoms with E-state index in [-0.39, 0.29) is 11.2 Å². The smallest absolute Gasteiger partial charge is 0.330 e. The van der Waals surface area contributed by atoms with Gasteiger partial charge in [-0.2, -0.15) is 0 Å². The van der Waals surface area contributed by atoms with Gasteiger partial charge >= 0.3 is 5.69 Å². The number of nitrogens with zero attached hydrogens (tertiary/aromatic N) is 2. The maximum atomic E-state index is 11.6. The van der Waals surface area contributed by atoms with E-state index in [0.29, 0.717) is 25.7 Å². The van der Waals surface area contributed by atoms with E-state index in [1.165, 1.54) is 21.4 Å². The Kier molecular flexibility index (Phi) is 4.49. The number of aryl methyl sites for hydroxylation is 1. The van der Waals surface area contributed by atoms with Crippen LogP contribution in [0, 0.1) is 5.92 Å². The molecule has 0 aliphatic carbocycles. The molecule has 90 valence electrons. The van der Waals surface area contributed by atoms with Crippen LogP contribution in [0.5, 0.6) is 0 Å². The summed E-state index contributed by atoms with van der Waals surface area (Å²) in [5.74, 6) is 0.454. The molecule has 1 heterocycles. The van der Waals surface area contributed by atoms with Gasteiger partial charge in [0, 0.05) is 25.9 Å². The zero-order chi connectivity index (χ0) is 12.1. The van der Waals surface area contributed by atoms with Gasteiger partial charge in [0.1, 0.15) is 0 Å². The van der Waals surface area contributed by atoms with E-state index in [4.69, 9.17) is 4.74 Å². The van der Waals surface area contributed by atoms with Gasteiger partial charge in [0.25, 0.3) is 5.56 Å². The Labute approximate surface area is 94.3 Å². The maximum Gasteiger partial charge on any atom is 0.330 e. The van der Waals surface area contributed by atoms with E-state index in [0.717, 1.165) is 0 Å². The second kappa shape index (κ2) is 5.65. The molecule has 0 aliphatic rings. The van der Waals surface area contributed by atoms with Crippen LogP contribution in [0.2, 0.25) is 0 Å². The molecule has 0 radical (unpaired) electrons. The molecule has 0 saturated carbocycles. The monoisotopic (exact) mass is 226 g/mol. The fraction of sp³-hybridized carbons (Fsp3) is 0.636. The highest BCUT2D eigenvalue weighted by Crippen LogP contribution is 1.91. The average molecular weight is 226 g/mol. The third-order valence-corrected chi connectivity index (χ3v) is 2.15. The van der Waals surface area contributed by atoms with Gasteiger partial charge < -0.3 is 9.30 Å². The molecule has 1 rings (SSSR count). The predicted molar refractivity (Wildman–Crippen MR) is 61.6 cm³/mol. The van der Waals surface area contributed by atoms with Gasteiger partial charge in [0.15, 0.2) is 0 Å². The summed E-state index contributed by atoms with van der Waals surface area (Å²) in [6.45, 7) is 5.43. The third-order valence-electron chi connectivity index (χ3n) is 2.15. The van der Waals surface area contributed by atoms with Crippen LogP contribution in [0.1, 0.15) is 13.8 Å². The van der Waals surface area contributed by atoms with Crippen molar-refractivity contribution >= 4 is 0 Å². The van der Waals surface area contributed by atoms with Crippen LogP contribution in [0.3, 0.4) is 0 Å². The lowest BCUT2D eigenvalue weighted by Crippen LogP contribution is -2.38. The minimum Gasteiger partial charge on any atom is -0.379 e. The number of hydrogen-bond donors (Lipinski definition) is 0. The summed E-state index contributed by atoms with van der Waals surface area (Å²) in [6, 6.07) is 1.38. The Morgan fingerprint density at radius 1 is 1.38 bits per heavy atom. The van der Waals surface area contributed by atoms with Crippen LogP contribution in [-0.2, 0) is 18.3 Å². The highest BCUT2D eigenvalue weighted by molar-refractivity contribution is 4.85. The van der Waals surface area contributed by atoms with Crippen molar-refractivity contribution in [3.05, 3.63) is 33.1 Å². The van der Waals surface area contributed by atoms with Crippen molar-refractivity contribution in [2.75, 3.05) is 13.2 Å². The average Bonchev–Trinajstić information content (AvgIpc) is 2.22. The zero-order valence-corrected chi connectivity index (χ0v) is 9.97. The van der Waals surface area contributed by atoms with Gasteiger partial charge in [0.2, 0.25) is 0 Å². The summed E-state index contributed by atoms with van der Waals surface area (Å²) >= 11 is 0. The molecular weight excluding hydrogens is 208 g/mol. The predicted octanol–water partition coefficient (Wildman–Crippen LogP) is 0.220. The Balaban J connectivity index is 2.64. The van der Waals surface area contributed by atoms with Crippen LogP contribution >= 0.6 is 0 Å². The molecule has 5 heteroatoms. The largest absolute Gasteiger partial charge is 0.379 e. The molecule has 0 aliphatic heterocycles. The molecule has 5 nitrogen and oxygen atoms in total. The van der Waals surface area contributed by atoms with Gasteiger partial charge in [-0.3, -0.25) is 9.36 Å². The molecule has 0 N–H and O–H groups in total. The van der Waals surface area contributed by atoms with Crippen molar-refractivity contribution in [1.82, 2.24) is 9.13 Å². The van der Waals surface area contributed by atoms with Gasteiger partial charge in [-0.15, -0.1) is 0 Å². The molecule has 0 spiro atoms. The molecule has 0 bridgehead atoms. The van der Waals surface area contributed by atoms with Crippen molar-refractivity contribution in [3.63, 3.8) is 0 Å². The first-order chi connectivity index (χ1) is 7.52. The molecule has 0 saturated heterocycles. The first-order valence-electron chi connectivity index (χ1n) is 5.36. The molecule has 0 unspecified atom stereocenters. The highest BCUT2D eigenvalue weighted by atomic mass is 16.5. The summed E-state index contributed by atoms with van der Waals surface area (Å²) in [7, 11) is 1.62. The first kappa shape index (κ1) is 12.7. The van der Waals surface area contributed by atoms with Crippen molar-refractivity contribution in [1.29, 1.82) is 0 Å². The van der Waals surface area contributed by atoms with E-state index in [9.17, 15) is 9.59 Å².